The van der Waals surface area contributed by atoms with Gasteiger partial charge in [0.15, 0.2) is 11.5 Å². The normalized spacial score (nSPS) is 10.4. The maximum absolute atomic E-state index is 14.1. The van der Waals surface area contributed by atoms with E-state index in [1.54, 1.807) is 37.3 Å². The molecule has 7 heteroatoms. The lowest BCUT2D eigenvalue weighted by Gasteiger charge is -2.17. The molecule has 0 radical (unpaired) electrons. The van der Waals surface area contributed by atoms with E-state index in [2.05, 4.69) is 4.98 Å². The number of nitriles is 1. The summed E-state index contributed by atoms with van der Waals surface area (Å²) in [5.41, 5.74) is 1.12. The lowest BCUT2D eigenvalue weighted by Crippen LogP contribution is -2.13. The Kier molecular flexibility index (Phi) is 5.67. The molecule has 0 saturated carbocycles. The number of H-pyrrole nitrogens is 1. The molecule has 0 fully saturated rings. The highest BCUT2D eigenvalue weighted by Gasteiger charge is 2.19. The Hall–Kier alpha value is -3.30. The van der Waals surface area contributed by atoms with E-state index in [1.165, 1.54) is 19.2 Å². The number of rotatable bonds is 5. The lowest BCUT2D eigenvalue weighted by atomic mass is 9.99. The minimum atomic E-state index is -0.497. The van der Waals surface area contributed by atoms with Crippen LogP contribution in [0.5, 0.6) is 11.5 Å². The number of hydrogen-bond donors (Lipinski definition) is 1. The molecule has 0 bridgehead atoms. The summed E-state index contributed by atoms with van der Waals surface area (Å²) in [4.78, 5) is 14.8. The molecule has 0 saturated heterocycles. The predicted molar refractivity (Wildman–Crippen MR) is 104 cm³/mol. The van der Waals surface area contributed by atoms with E-state index in [9.17, 15) is 14.4 Å². The van der Waals surface area contributed by atoms with Gasteiger partial charge < -0.3 is 14.5 Å². The summed E-state index contributed by atoms with van der Waals surface area (Å²) < 4.78 is 25.3. The molecule has 142 valence electrons. The predicted octanol–water partition coefficient (Wildman–Crippen LogP) is 4.60. The Balaban J connectivity index is 2.13. The molecule has 0 atom stereocenters. The van der Waals surface area contributed by atoms with Crippen molar-refractivity contribution in [3.8, 4) is 28.7 Å². The third-order valence-corrected chi connectivity index (χ3v) is 4.55. The molecule has 0 aliphatic rings. The first-order valence-electron chi connectivity index (χ1n) is 8.33. The molecule has 1 aromatic heterocycles. The Morgan fingerprint density at radius 2 is 1.96 bits per heavy atom. The Morgan fingerprint density at radius 3 is 2.64 bits per heavy atom. The fourth-order valence-electron chi connectivity index (χ4n) is 2.86. The maximum Gasteiger partial charge on any atom is 0.266 e. The van der Waals surface area contributed by atoms with Gasteiger partial charge in [-0.2, -0.15) is 5.26 Å². The first-order chi connectivity index (χ1) is 13.5. The van der Waals surface area contributed by atoms with Gasteiger partial charge in [0.05, 0.1) is 12.1 Å². The number of pyridine rings is 1. The highest BCUT2D eigenvalue weighted by molar-refractivity contribution is 6.31. The quantitative estimate of drug-likeness (QED) is 0.681. The van der Waals surface area contributed by atoms with Crippen molar-refractivity contribution in [3.05, 3.63) is 80.5 Å². The number of nitrogens with zero attached hydrogens (tertiary/aromatic N) is 1. The van der Waals surface area contributed by atoms with E-state index in [-0.39, 0.29) is 28.5 Å². The maximum atomic E-state index is 14.1. The monoisotopic (exact) mass is 398 g/mol. The number of methoxy groups -OCH3 is 1. The number of benzene rings is 2. The van der Waals surface area contributed by atoms with Crippen LogP contribution in [0.4, 0.5) is 4.39 Å². The Bertz CT molecular complexity index is 1120. The van der Waals surface area contributed by atoms with Crippen molar-refractivity contribution in [2.75, 3.05) is 7.11 Å². The van der Waals surface area contributed by atoms with Gasteiger partial charge in [0.1, 0.15) is 24.1 Å². The highest BCUT2D eigenvalue weighted by Crippen LogP contribution is 2.39. The van der Waals surface area contributed by atoms with E-state index >= 15 is 0 Å². The van der Waals surface area contributed by atoms with Crippen LogP contribution in [0.3, 0.4) is 0 Å². The number of ether oxygens (including phenoxy) is 2. The molecule has 1 heterocycles. The fraction of sp³-hybridized carbons (Fsp3) is 0.143. The van der Waals surface area contributed by atoms with Gasteiger partial charge in [0.25, 0.3) is 5.56 Å². The van der Waals surface area contributed by atoms with Crippen LogP contribution in [-0.4, -0.2) is 12.1 Å². The van der Waals surface area contributed by atoms with Crippen LogP contribution in [0, 0.1) is 24.1 Å². The number of nitrogens with one attached hydrogen (secondary N) is 1. The highest BCUT2D eigenvalue weighted by atomic mass is 35.5. The minimum Gasteiger partial charge on any atom is -0.493 e. The van der Waals surface area contributed by atoms with Gasteiger partial charge in [-0.15, -0.1) is 0 Å². The van der Waals surface area contributed by atoms with Gasteiger partial charge >= 0.3 is 0 Å². The largest absolute Gasteiger partial charge is 0.493 e. The summed E-state index contributed by atoms with van der Waals surface area (Å²) in [6, 6.07) is 13.1. The summed E-state index contributed by atoms with van der Waals surface area (Å²) in [6.45, 7) is 1.56. The van der Waals surface area contributed by atoms with Crippen molar-refractivity contribution < 1.29 is 13.9 Å². The summed E-state index contributed by atoms with van der Waals surface area (Å²) in [5.74, 6) is 0.172. The zero-order chi connectivity index (χ0) is 20.3. The van der Waals surface area contributed by atoms with Crippen molar-refractivity contribution in [3.63, 3.8) is 0 Å². The average molecular weight is 399 g/mol. The second-order valence-corrected chi connectivity index (χ2v) is 6.41. The number of aromatic amines is 1. The van der Waals surface area contributed by atoms with Crippen LogP contribution in [0.2, 0.25) is 5.02 Å². The van der Waals surface area contributed by atoms with Gasteiger partial charge in [0.2, 0.25) is 0 Å². The third kappa shape index (κ3) is 3.71. The zero-order valence-electron chi connectivity index (χ0n) is 15.2. The Morgan fingerprint density at radius 1 is 1.21 bits per heavy atom. The van der Waals surface area contributed by atoms with Crippen LogP contribution < -0.4 is 15.0 Å². The fourth-order valence-corrected chi connectivity index (χ4v) is 3.08. The number of hydrogen-bond acceptors (Lipinski definition) is 4. The first kappa shape index (κ1) is 19.5. The lowest BCUT2D eigenvalue weighted by molar-refractivity contribution is 0.281. The number of aryl methyl sites for hydroxylation is 1. The van der Waals surface area contributed by atoms with E-state index in [0.717, 1.165) is 0 Å². The van der Waals surface area contributed by atoms with Crippen LogP contribution in [-0.2, 0) is 6.61 Å². The zero-order valence-corrected chi connectivity index (χ0v) is 15.9. The SMILES string of the molecule is COc1cccc(-c2cc(C)[nH]c(=O)c2C#N)c1OCc1c(F)cccc1Cl. The van der Waals surface area contributed by atoms with Gasteiger partial charge in [-0.3, -0.25) is 4.79 Å². The first-order valence-corrected chi connectivity index (χ1v) is 8.71. The molecule has 2 aromatic carbocycles. The van der Waals surface area contributed by atoms with Gasteiger partial charge in [-0.25, -0.2) is 4.39 Å². The molecule has 3 rings (SSSR count). The molecule has 1 N–H and O–H groups in total. The van der Waals surface area contributed by atoms with E-state index < -0.39 is 11.4 Å². The summed E-state index contributed by atoms with van der Waals surface area (Å²) in [5, 5.41) is 9.68. The molecule has 0 spiro atoms. The molecule has 0 amide bonds. The molecule has 0 aliphatic heterocycles. The molecule has 28 heavy (non-hydrogen) atoms. The molecule has 5 nitrogen and oxygen atoms in total. The van der Waals surface area contributed by atoms with Crippen molar-refractivity contribution in [2.45, 2.75) is 13.5 Å². The van der Waals surface area contributed by atoms with E-state index in [1.807, 2.05) is 6.07 Å². The van der Waals surface area contributed by atoms with Gasteiger partial charge in [-0.05, 0) is 31.2 Å². The molecular weight excluding hydrogens is 383 g/mol. The topological polar surface area (TPSA) is 75.1 Å². The van der Waals surface area contributed by atoms with Gasteiger partial charge in [-0.1, -0.05) is 29.8 Å². The Labute approximate surface area is 165 Å². The van der Waals surface area contributed by atoms with Crippen molar-refractivity contribution in [1.82, 2.24) is 4.98 Å². The molecular formula is C21H16ClFN2O3. The number of aromatic nitrogens is 1. The van der Waals surface area contributed by atoms with Crippen molar-refractivity contribution in [1.29, 1.82) is 5.26 Å². The van der Waals surface area contributed by atoms with Crippen LogP contribution >= 0.6 is 11.6 Å². The van der Waals surface area contributed by atoms with E-state index in [0.29, 0.717) is 22.6 Å². The van der Waals surface area contributed by atoms with Crippen LogP contribution in [0.1, 0.15) is 16.8 Å². The second kappa shape index (κ2) is 8.15. The van der Waals surface area contributed by atoms with Gasteiger partial charge in [0, 0.05) is 22.4 Å². The third-order valence-electron chi connectivity index (χ3n) is 4.19. The molecule has 3 aromatic rings. The van der Waals surface area contributed by atoms with E-state index in [4.69, 9.17) is 21.1 Å². The second-order valence-electron chi connectivity index (χ2n) is 6.01. The van der Waals surface area contributed by atoms with Crippen LogP contribution in [0.15, 0.2) is 47.3 Å². The smallest absolute Gasteiger partial charge is 0.266 e. The average Bonchev–Trinajstić information content (AvgIpc) is 2.67. The number of halogens is 2. The summed E-state index contributed by atoms with van der Waals surface area (Å²) >= 11 is 6.08. The van der Waals surface area contributed by atoms with Crippen molar-refractivity contribution >= 4 is 11.6 Å². The standard InChI is InChI=1S/C21H16ClFN2O3/c1-12-9-14(15(10-24)21(26)25-12)13-5-3-8-19(27-2)20(13)28-11-16-17(22)6-4-7-18(16)23/h3-9H,11H2,1-2H3,(H,25,26). The number of para-hydroxylation sites is 1. The molecule has 0 unspecified atom stereocenters. The summed E-state index contributed by atoms with van der Waals surface area (Å²) in [7, 11) is 1.47. The molecule has 0 aliphatic carbocycles. The summed E-state index contributed by atoms with van der Waals surface area (Å²) in [6.07, 6.45) is 0. The van der Waals surface area contributed by atoms with Crippen molar-refractivity contribution in [2.24, 2.45) is 0 Å². The minimum absolute atomic E-state index is 0.0485. The van der Waals surface area contributed by atoms with Crippen LogP contribution in [0.25, 0.3) is 11.1 Å².